The van der Waals surface area contributed by atoms with Gasteiger partial charge >= 0.3 is 0 Å². The highest BCUT2D eigenvalue weighted by Crippen LogP contribution is 2.25. The molecule has 0 saturated heterocycles. The summed E-state index contributed by atoms with van der Waals surface area (Å²) in [4.78, 5) is 22.7. The maximum atomic E-state index is 11.7. The van der Waals surface area contributed by atoms with Crippen molar-refractivity contribution in [3.63, 3.8) is 0 Å². The molecule has 20 heavy (non-hydrogen) atoms. The Hall–Kier alpha value is -1.59. The summed E-state index contributed by atoms with van der Waals surface area (Å²) in [6.45, 7) is 5.73. The zero-order valence-electron chi connectivity index (χ0n) is 11.9. The van der Waals surface area contributed by atoms with Crippen molar-refractivity contribution in [2.45, 2.75) is 33.2 Å². The SMILES string of the molecule is CCC(C)NCC(=O)Nc1ccc(NC(C)=O)c(Cl)c1. The fraction of sp³-hybridized carbons (Fsp3) is 0.429. The van der Waals surface area contributed by atoms with Gasteiger partial charge in [-0.25, -0.2) is 0 Å². The molecule has 6 heteroatoms. The molecule has 0 aromatic heterocycles. The van der Waals surface area contributed by atoms with Gasteiger partial charge in [0.1, 0.15) is 0 Å². The highest BCUT2D eigenvalue weighted by molar-refractivity contribution is 6.34. The lowest BCUT2D eigenvalue weighted by molar-refractivity contribution is -0.115. The second-order valence-electron chi connectivity index (χ2n) is 4.61. The molecule has 2 amide bonds. The lowest BCUT2D eigenvalue weighted by Crippen LogP contribution is -2.33. The minimum Gasteiger partial charge on any atom is -0.325 e. The molecule has 0 saturated carbocycles. The van der Waals surface area contributed by atoms with Crippen molar-refractivity contribution in [2.75, 3.05) is 17.2 Å². The van der Waals surface area contributed by atoms with Gasteiger partial charge in [-0.05, 0) is 31.5 Å². The summed E-state index contributed by atoms with van der Waals surface area (Å²) in [5.41, 5.74) is 1.12. The molecule has 0 bridgehead atoms. The molecule has 1 aromatic rings. The molecule has 1 atom stereocenters. The van der Waals surface area contributed by atoms with Crippen molar-refractivity contribution in [1.29, 1.82) is 0 Å². The van der Waals surface area contributed by atoms with Gasteiger partial charge in [-0.2, -0.15) is 0 Å². The van der Waals surface area contributed by atoms with Crippen LogP contribution in [0.25, 0.3) is 0 Å². The topological polar surface area (TPSA) is 70.2 Å². The van der Waals surface area contributed by atoms with Crippen molar-refractivity contribution < 1.29 is 9.59 Å². The lowest BCUT2D eigenvalue weighted by atomic mass is 10.2. The molecule has 0 radical (unpaired) electrons. The normalized spacial score (nSPS) is 11.8. The number of hydrogen-bond donors (Lipinski definition) is 3. The highest BCUT2D eigenvalue weighted by Gasteiger charge is 2.07. The fourth-order valence-corrected chi connectivity index (χ4v) is 1.73. The molecule has 1 rings (SSSR count). The highest BCUT2D eigenvalue weighted by atomic mass is 35.5. The molecular formula is C14H20ClN3O2. The molecule has 3 N–H and O–H groups in total. The second kappa shape index (κ2) is 7.87. The first-order chi connectivity index (χ1) is 9.42. The van der Waals surface area contributed by atoms with Gasteiger partial charge < -0.3 is 16.0 Å². The molecule has 110 valence electrons. The fourth-order valence-electron chi connectivity index (χ4n) is 1.50. The number of benzene rings is 1. The molecule has 0 heterocycles. The van der Waals surface area contributed by atoms with Crippen LogP contribution < -0.4 is 16.0 Å². The Kier molecular flexibility index (Phi) is 6.48. The van der Waals surface area contributed by atoms with E-state index in [-0.39, 0.29) is 18.4 Å². The van der Waals surface area contributed by atoms with E-state index >= 15 is 0 Å². The van der Waals surface area contributed by atoms with E-state index in [9.17, 15) is 9.59 Å². The number of halogens is 1. The molecular weight excluding hydrogens is 278 g/mol. The quantitative estimate of drug-likeness (QED) is 0.756. The van der Waals surface area contributed by atoms with Crippen molar-refractivity contribution in [1.82, 2.24) is 5.32 Å². The van der Waals surface area contributed by atoms with Crippen LogP contribution in [0.3, 0.4) is 0 Å². The van der Waals surface area contributed by atoms with Gasteiger partial charge in [0.15, 0.2) is 0 Å². The smallest absolute Gasteiger partial charge is 0.238 e. The summed E-state index contributed by atoms with van der Waals surface area (Å²) in [7, 11) is 0. The first-order valence-electron chi connectivity index (χ1n) is 6.52. The van der Waals surface area contributed by atoms with Crippen LogP contribution in [0, 0.1) is 0 Å². The Morgan fingerprint density at radius 1 is 1.30 bits per heavy atom. The minimum atomic E-state index is -0.193. The molecule has 0 aliphatic heterocycles. The van der Waals surface area contributed by atoms with Crippen LogP contribution in [0.1, 0.15) is 27.2 Å². The van der Waals surface area contributed by atoms with Crippen molar-refractivity contribution in [3.8, 4) is 0 Å². The Bertz CT molecular complexity index is 491. The van der Waals surface area contributed by atoms with E-state index in [1.807, 2.05) is 6.92 Å². The Balaban J connectivity index is 2.58. The van der Waals surface area contributed by atoms with Gasteiger partial charge in [-0.3, -0.25) is 9.59 Å². The van der Waals surface area contributed by atoms with Gasteiger partial charge in [0.25, 0.3) is 0 Å². The Morgan fingerprint density at radius 3 is 2.55 bits per heavy atom. The molecule has 0 fully saturated rings. The maximum Gasteiger partial charge on any atom is 0.238 e. The standard InChI is InChI=1S/C14H20ClN3O2/c1-4-9(2)16-8-14(20)18-11-5-6-13(12(15)7-11)17-10(3)19/h5-7,9,16H,4,8H2,1-3H3,(H,17,19)(H,18,20). The van der Waals surface area contributed by atoms with Gasteiger partial charge in [-0.15, -0.1) is 0 Å². The Labute approximate surface area is 124 Å². The number of hydrogen-bond acceptors (Lipinski definition) is 3. The summed E-state index contributed by atoms with van der Waals surface area (Å²) >= 11 is 6.03. The predicted octanol–water partition coefficient (Wildman–Crippen LogP) is 2.62. The number of anilines is 2. The summed E-state index contributed by atoms with van der Waals surface area (Å²) in [6.07, 6.45) is 0.963. The van der Waals surface area contributed by atoms with Crippen LogP contribution in [0.2, 0.25) is 5.02 Å². The van der Waals surface area contributed by atoms with Crippen LogP contribution in [0.5, 0.6) is 0 Å². The maximum absolute atomic E-state index is 11.7. The summed E-state index contributed by atoms with van der Waals surface area (Å²) < 4.78 is 0. The third-order valence-corrected chi connectivity index (χ3v) is 3.10. The van der Waals surface area contributed by atoms with E-state index in [4.69, 9.17) is 11.6 Å². The molecule has 5 nitrogen and oxygen atoms in total. The second-order valence-corrected chi connectivity index (χ2v) is 5.02. The minimum absolute atomic E-state index is 0.131. The third-order valence-electron chi connectivity index (χ3n) is 2.79. The zero-order chi connectivity index (χ0) is 15.1. The van der Waals surface area contributed by atoms with Crippen LogP contribution in [-0.2, 0) is 9.59 Å². The number of carbonyl (C=O) groups is 2. The van der Waals surface area contributed by atoms with E-state index < -0.39 is 0 Å². The van der Waals surface area contributed by atoms with Crippen molar-refractivity contribution in [3.05, 3.63) is 23.2 Å². The predicted molar refractivity (Wildman–Crippen MR) is 82.1 cm³/mol. The van der Waals surface area contributed by atoms with E-state index in [1.54, 1.807) is 18.2 Å². The molecule has 1 unspecified atom stereocenters. The third kappa shape index (κ3) is 5.59. The molecule has 0 aliphatic rings. The van der Waals surface area contributed by atoms with E-state index in [1.165, 1.54) is 6.92 Å². The molecule has 1 aromatic carbocycles. The van der Waals surface area contributed by atoms with Crippen LogP contribution in [0.4, 0.5) is 11.4 Å². The first-order valence-corrected chi connectivity index (χ1v) is 6.90. The lowest BCUT2D eigenvalue weighted by Gasteiger charge is -2.12. The largest absolute Gasteiger partial charge is 0.325 e. The molecule has 0 aliphatic carbocycles. The summed E-state index contributed by atoms with van der Waals surface area (Å²) in [6, 6.07) is 5.25. The van der Waals surface area contributed by atoms with E-state index in [2.05, 4.69) is 22.9 Å². The molecule has 0 spiro atoms. The van der Waals surface area contributed by atoms with Gasteiger partial charge in [-0.1, -0.05) is 18.5 Å². The first kappa shape index (κ1) is 16.5. The van der Waals surface area contributed by atoms with Gasteiger partial charge in [0.05, 0.1) is 17.3 Å². The van der Waals surface area contributed by atoms with Gasteiger partial charge in [0, 0.05) is 18.7 Å². The number of nitrogens with one attached hydrogen (secondary N) is 3. The van der Waals surface area contributed by atoms with Crippen LogP contribution in [0.15, 0.2) is 18.2 Å². The van der Waals surface area contributed by atoms with Crippen LogP contribution in [-0.4, -0.2) is 24.4 Å². The van der Waals surface area contributed by atoms with Crippen molar-refractivity contribution >= 4 is 34.8 Å². The monoisotopic (exact) mass is 297 g/mol. The summed E-state index contributed by atoms with van der Waals surface area (Å²) in [5, 5.41) is 8.83. The Morgan fingerprint density at radius 2 is 2.00 bits per heavy atom. The summed E-state index contributed by atoms with van der Waals surface area (Å²) in [5.74, 6) is -0.324. The van der Waals surface area contributed by atoms with Crippen LogP contribution >= 0.6 is 11.6 Å². The average molecular weight is 298 g/mol. The zero-order valence-corrected chi connectivity index (χ0v) is 12.7. The van der Waals surface area contributed by atoms with Crippen molar-refractivity contribution in [2.24, 2.45) is 0 Å². The number of carbonyl (C=O) groups excluding carboxylic acids is 2. The van der Waals surface area contributed by atoms with Gasteiger partial charge in [0.2, 0.25) is 11.8 Å². The average Bonchev–Trinajstić information content (AvgIpc) is 2.38. The van der Waals surface area contributed by atoms with E-state index in [0.717, 1.165) is 6.42 Å². The number of rotatable bonds is 6. The number of amides is 2. The van der Waals surface area contributed by atoms with E-state index in [0.29, 0.717) is 22.4 Å².